The highest BCUT2D eigenvalue weighted by Gasteiger charge is 2.54. The predicted octanol–water partition coefficient (Wildman–Crippen LogP) is 5.90. The van der Waals surface area contributed by atoms with Crippen molar-refractivity contribution in [1.29, 1.82) is 0 Å². The number of alkyl halides is 2. The van der Waals surface area contributed by atoms with Crippen molar-refractivity contribution >= 4 is 49.0 Å². The summed E-state index contributed by atoms with van der Waals surface area (Å²) in [6.45, 7) is -2.95. The van der Waals surface area contributed by atoms with E-state index in [1.807, 2.05) is 17.1 Å². The van der Waals surface area contributed by atoms with Crippen molar-refractivity contribution in [3.63, 3.8) is 0 Å². The van der Waals surface area contributed by atoms with Crippen LogP contribution in [-0.2, 0) is 53.6 Å². The van der Waals surface area contributed by atoms with Crippen molar-refractivity contribution in [3.05, 3.63) is 111 Å². The van der Waals surface area contributed by atoms with E-state index in [9.17, 15) is 28.4 Å². The average Bonchev–Trinajstić information content (AvgIpc) is 3.99. The lowest BCUT2D eigenvalue weighted by Crippen LogP contribution is -2.38. The Kier molecular flexibility index (Phi) is 16.6. The third-order valence-electron chi connectivity index (χ3n) is 11.5. The van der Waals surface area contributed by atoms with Crippen LogP contribution in [0.1, 0.15) is 79.4 Å². The number of hydrogen-bond donors (Lipinski definition) is 2. The minimum atomic E-state index is -5.53. The molecule has 69 heavy (non-hydrogen) atoms. The molecule has 3 aliphatic rings. The maximum absolute atomic E-state index is 16.5. The summed E-state index contributed by atoms with van der Waals surface area (Å²) in [4.78, 5) is 65.3. The van der Waals surface area contributed by atoms with E-state index in [-0.39, 0.29) is 28.5 Å². The summed E-state index contributed by atoms with van der Waals surface area (Å²) in [7, 11) is -5.53. The van der Waals surface area contributed by atoms with E-state index < -0.39 is 94.3 Å². The van der Waals surface area contributed by atoms with Gasteiger partial charge in [0.1, 0.15) is 42.0 Å². The van der Waals surface area contributed by atoms with Gasteiger partial charge in [0, 0.05) is 31.2 Å². The number of halogens is 2. The third kappa shape index (κ3) is 12.4. The van der Waals surface area contributed by atoms with Gasteiger partial charge < -0.3 is 38.6 Å². The van der Waals surface area contributed by atoms with Crippen molar-refractivity contribution in [2.75, 3.05) is 32.2 Å². The molecule has 3 saturated heterocycles. The fourth-order valence-electron chi connectivity index (χ4n) is 7.82. The highest BCUT2D eigenvalue weighted by atomic mass is 32.7. The molecule has 0 radical (unpaired) electrons. The first-order valence-corrected chi connectivity index (χ1v) is 26.8. The van der Waals surface area contributed by atoms with Crippen LogP contribution in [0.25, 0.3) is 11.2 Å². The average molecular weight is 1020 g/mol. The lowest BCUT2D eigenvalue weighted by Gasteiger charge is -2.30. The van der Waals surface area contributed by atoms with Crippen LogP contribution in [0.3, 0.4) is 0 Å². The van der Waals surface area contributed by atoms with Gasteiger partial charge >= 0.3 is 18.5 Å². The number of phosphoric acid groups is 1. The Morgan fingerprint density at radius 3 is 2.23 bits per heavy atom. The van der Waals surface area contributed by atoms with Gasteiger partial charge in [-0.25, -0.2) is 37.9 Å². The second-order valence-electron chi connectivity index (χ2n) is 16.4. The van der Waals surface area contributed by atoms with E-state index >= 15 is 8.78 Å². The van der Waals surface area contributed by atoms with Gasteiger partial charge in [0.25, 0.3) is 13.4 Å². The molecule has 2 aromatic carbocycles. The van der Waals surface area contributed by atoms with Crippen molar-refractivity contribution in [2.45, 2.75) is 107 Å². The number of aryl methyl sites for hydroxylation is 1. The number of carbonyl (C=O) groups excluding carboxylic acids is 1. The number of imidazole rings is 1. The SMILES string of the molecule is CCCCCOCCCCCc1ccc(C(=O)Oc2ccc(CSP3(=O)OC[C@H]4O[C@@H](n5cnc6c(N)ncnc65)[C@H](OP(=O)([O-])OC[C@H]5O[C@@H](n6ccc(=O)[nH]c6=O)[C@H](O3)[C@@H]5F)[C@@H]4F)cc2)cc1. The molecule has 0 aliphatic carbocycles. The maximum Gasteiger partial charge on any atom is 0.390 e. The molecule has 21 nitrogen and oxygen atoms in total. The molecular formula is C43H50F2N7O14P2S-. The number of nitrogens with zero attached hydrogens (tertiary/aromatic N) is 5. The van der Waals surface area contributed by atoms with Crippen LogP contribution in [0.2, 0.25) is 0 Å². The molecule has 3 aliphatic heterocycles. The zero-order valence-electron chi connectivity index (χ0n) is 37.1. The minimum absolute atomic E-state index is 0.0274. The standard InChI is InChI=1S/C43H51F2N7O14P2S/c1-2-3-6-19-59-20-7-4-5-8-26-9-13-28(14-10-26)42(54)62-29-15-11-27(12-16-29)23-69-68(58)61-22-31-33(44)36(41(64-31)52-25-49-35-38(46)47-24-48-39(35)52)65-67(56,57)60-21-30-34(45)37(66-68)40(63-30)51-18-17-32(53)50-43(51)55/h9-18,24-25,30-31,33-34,36-37,40-41H,2-8,19-23H2,1H3,(H,56,57)(H2,46,47,48)(H,50,53,55)/p-1/t30-,31-,33-,34-,36-,37-,40-,41-,68?/m1/s1. The summed E-state index contributed by atoms with van der Waals surface area (Å²) < 4.78 is 108. The minimum Gasteiger partial charge on any atom is -0.756 e. The Bertz CT molecular complexity index is 2770. The summed E-state index contributed by atoms with van der Waals surface area (Å²) in [6.07, 6.45) is -4.93. The summed E-state index contributed by atoms with van der Waals surface area (Å²) >= 11 is 0.565. The predicted molar refractivity (Wildman–Crippen MR) is 243 cm³/mol. The molecule has 0 spiro atoms. The molecule has 4 bridgehead atoms. The number of rotatable bonds is 17. The number of nitrogen functional groups attached to an aromatic ring is 1. The van der Waals surface area contributed by atoms with Gasteiger partial charge in [0.2, 0.25) is 0 Å². The number of nitrogens with two attached hydrogens (primary N) is 1. The van der Waals surface area contributed by atoms with Gasteiger partial charge in [0.15, 0.2) is 36.3 Å². The van der Waals surface area contributed by atoms with Crippen molar-refractivity contribution < 1.29 is 64.6 Å². The number of ether oxygens (including phenoxy) is 4. The summed E-state index contributed by atoms with van der Waals surface area (Å²) in [5.74, 6) is -0.553. The van der Waals surface area contributed by atoms with Crippen LogP contribution < -0.4 is 26.6 Å². The van der Waals surface area contributed by atoms with Gasteiger partial charge in [-0.1, -0.05) is 50.5 Å². The molecule has 3 aromatic heterocycles. The summed E-state index contributed by atoms with van der Waals surface area (Å²) in [6, 6.07) is 14.3. The van der Waals surface area contributed by atoms with E-state index in [1.165, 1.54) is 25.0 Å². The molecule has 8 rings (SSSR count). The third-order valence-corrected chi connectivity index (χ3v) is 16.1. The largest absolute Gasteiger partial charge is 0.756 e. The zero-order valence-corrected chi connectivity index (χ0v) is 39.7. The van der Waals surface area contributed by atoms with E-state index in [0.717, 1.165) is 84.9 Å². The Balaban J connectivity index is 0.966. The van der Waals surface area contributed by atoms with Crippen LogP contribution in [0.4, 0.5) is 14.6 Å². The Morgan fingerprint density at radius 1 is 0.855 bits per heavy atom. The molecule has 372 valence electrons. The van der Waals surface area contributed by atoms with Gasteiger partial charge in [-0.3, -0.25) is 32.5 Å². The zero-order chi connectivity index (χ0) is 48.7. The molecule has 3 fully saturated rings. The first-order chi connectivity index (χ1) is 33.2. The quantitative estimate of drug-likeness (QED) is 0.0475. The monoisotopic (exact) mass is 1020 g/mol. The lowest BCUT2D eigenvalue weighted by molar-refractivity contribution is -0.236. The number of H-pyrrole nitrogens is 1. The first-order valence-electron chi connectivity index (χ1n) is 22.2. The lowest BCUT2D eigenvalue weighted by atomic mass is 10.1. The summed E-state index contributed by atoms with van der Waals surface area (Å²) in [5.41, 5.74) is 6.13. The number of aromatic amines is 1. The number of nitrogens with one attached hydrogen (secondary N) is 1. The highest BCUT2D eigenvalue weighted by Crippen LogP contribution is 2.65. The van der Waals surface area contributed by atoms with Crippen molar-refractivity contribution in [1.82, 2.24) is 29.1 Å². The number of carbonyl (C=O) groups is 1. The topological polar surface area (TPSA) is 273 Å². The van der Waals surface area contributed by atoms with Crippen LogP contribution >= 0.6 is 26.0 Å². The molecular weight excluding hydrogens is 971 g/mol. The molecule has 3 N–H and O–H groups in total. The molecule has 5 aromatic rings. The second kappa shape index (κ2) is 22.6. The number of phosphoric ester groups is 1. The molecule has 10 atom stereocenters. The molecule has 0 saturated carbocycles. The number of unbranched alkanes of at least 4 members (excludes halogenated alkanes) is 4. The van der Waals surface area contributed by atoms with E-state index in [0.29, 0.717) is 22.5 Å². The van der Waals surface area contributed by atoms with Crippen LogP contribution in [0, 0.1) is 0 Å². The van der Waals surface area contributed by atoms with E-state index in [4.69, 9.17) is 42.8 Å². The van der Waals surface area contributed by atoms with Crippen LogP contribution in [-0.4, -0.2) is 98.2 Å². The van der Waals surface area contributed by atoms with Gasteiger partial charge in [0.05, 0.1) is 25.1 Å². The molecule has 2 unspecified atom stereocenters. The van der Waals surface area contributed by atoms with Gasteiger partial charge in [-0.05, 0) is 72.5 Å². The number of fused-ring (bicyclic) bond motifs is 5. The van der Waals surface area contributed by atoms with Crippen LogP contribution in [0.15, 0.2) is 83.0 Å². The Hall–Kier alpha value is -4.71. The van der Waals surface area contributed by atoms with Crippen LogP contribution in [0.5, 0.6) is 5.75 Å². The summed E-state index contributed by atoms with van der Waals surface area (Å²) in [5, 5.41) is 0. The Morgan fingerprint density at radius 2 is 1.52 bits per heavy atom. The van der Waals surface area contributed by atoms with E-state index in [2.05, 4.69) is 21.9 Å². The van der Waals surface area contributed by atoms with E-state index in [1.54, 1.807) is 24.3 Å². The smallest absolute Gasteiger partial charge is 0.390 e. The van der Waals surface area contributed by atoms with Gasteiger partial charge in [-0.15, -0.1) is 0 Å². The first kappa shape index (κ1) is 50.7. The van der Waals surface area contributed by atoms with Crippen molar-refractivity contribution in [2.24, 2.45) is 0 Å². The number of anilines is 1. The fraction of sp³-hybridized carbons (Fsp3) is 0.488. The Labute approximate surface area is 397 Å². The number of hydrogen-bond acceptors (Lipinski definition) is 19. The highest BCUT2D eigenvalue weighted by molar-refractivity contribution is 8.54. The number of aromatic nitrogens is 6. The number of esters is 1. The second-order valence-corrected chi connectivity index (χ2v) is 21.8. The maximum atomic E-state index is 16.5. The molecule has 0 amide bonds. The fourth-order valence-corrected chi connectivity index (χ4v) is 12.1. The van der Waals surface area contributed by atoms with Gasteiger partial charge in [-0.2, -0.15) is 0 Å². The normalized spacial score (nSPS) is 28.4. The van der Waals surface area contributed by atoms with Crippen molar-refractivity contribution in [3.8, 4) is 5.75 Å². The molecule has 26 heteroatoms. The number of benzene rings is 2. The molecule has 6 heterocycles.